The fraction of sp³-hybridized carbons (Fsp3) is 0.308. The molecule has 0 spiro atoms. The van der Waals surface area contributed by atoms with Gasteiger partial charge in [0.05, 0.1) is 37.7 Å². The molecule has 1 aromatic carbocycles. The van der Waals surface area contributed by atoms with Crippen LogP contribution in [0.4, 0.5) is 10.6 Å². The Morgan fingerprint density at radius 2 is 1.78 bits per heavy atom. The van der Waals surface area contributed by atoms with Gasteiger partial charge in [-0.15, -0.1) is 0 Å². The lowest BCUT2D eigenvalue weighted by Crippen LogP contribution is -2.39. The monoisotopic (exact) mass is 491 g/mol. The van der Waals surface area contributed by atoms with Crippen molar-refractivity contribution in [3.63, 3.8) is 0 Å². The van der Waals surface area contributed by atoms with Crippen LogP contribution in [-0.2, 0) is 0 Å². The van der Waals surface area contributed by atoms with Crippen molar-refractivity contribution in [3.05, 3.63) is 42.9 Å². The third kappa shape index (κ3) is 5.32. The van der Waals surface area contributed by atoms with Gasteiger partial charge in [-0.3, -0.25) is 9.97 Å². The number of nitrogen functional groups attached to an aromatic ring is 1. The molecule has 188 valence electrons. The number of methoxy groups -OCH3 is 2. The number of nitrogens with zero attached hydrogens (tertiary/aromatic N) is 3. The van der Waals surface area contributed by atoms with E-state index >= 15 is 0 Å². The van der Waals surface area contributed by atoms with Gasteiger partial charge in [-0.1, -0.05) is 13.8 Å². The molecule has 0 saturated carbocycles. The molecule has 0 aliphatic heterocycles. The number of carbonyl (C=O) groups is 1. The fourth-order valence-corrected chi connectivity index (χ4v) is 4.15. The highest BCUT2D eigenvalue weighted by atomic mass is 16.5. The van der Waals surface area contributed by atoms with E-state index in [9.17, 15) is 4.79 Å². The topological polar surface area (TPSA) is 142 Å². The summed E-state index contributed by atoms with van der Waals surface area (Å²) in [5, 5.41) is 14.0. The summed E-state index contributed by atoms with van der Waals surface area (Å²) in [6, 6.07) is 7.08. The van der Waals surface area contributed by atoms with Crippen LogP contribution in [0.2, 0.25) is 0 Å². The van der Waals surface area contributed by atoms with Gasteiger partial charge in [-0.05, 0) is 35.9 Å². The lowest BCUT2D eigenvalue weighted by molar-refractivity contribution is 0.176. The molecule has 0 aliphatic carbocycles. The summed E-state index contributed by atoms with van der Waals surface area (Å²) in [6.45, 7) is 4.24. The number of nitrogens with two attached hydrogens (primary N) is 1. The number of benzene rings is 1. The molecule has 1 atom stereocenters. The Kier molecular flexibility index (Phi) is 7.23. The second kappa shape index (κ2) is 10.5. The van der Waals surface area contributed by atoms with E-state index in [0.717, 1.165) is 21.7 Å². The summed E-state index contributed by atoms with van der Waals surface area (Å²) >= 11 is 0. The number of fused-ring (bicyclic) bond motifs is 3. The molecule has 0 fully saturated rings. The second-order valence-electron chi connectivity index (χ2n) is 8.83. The quantitative estimate of drug-likeness (QED) is 0.288. The summed E-state index contributed by atoms with van der Waals surface area (Å²) in [4.78, 5) is 24.5. The minimum Gasteiger partial charge on any atom is -0.493 e. The SMILES string of the molecule is COc1cc2ncc3c(N)nc(-c4cncc(OC[C@@H](CC(C)C)NC(=O)O)c4)cc3c2cc1OC. The molecule has 3 aromatic heterocycles. The molecule has 0 aliphatic rings. The first-order chi connectivity index (χ1) is 17.3. The number of ether oxygens (including phenoxy) is 3. The average molecular weight is 492 g/mol. The Bertz CT molecular complexity index is 1410. The largest absolute Gasteiger partial charge is 0.493 e. The van der Waals surface area contributed by atoms with Gasteiger partial charge in [0.1, 0.15) is 18.2 Å². The maximum absolute atomic E-state index is 11.1. The first-order valence-electron chi connectivity index (χ1n) is 11.5. The normalized spacial score (nSPS) is 12.0. The zero-order valence-corrected chi connectivity index (χ0v) is 20.6. The van der Waals surface area contributed by atoms with Crippen LogP contribution < -0.4 is 25.3 Å². The molecule has 4 aromatic rings. The fourth-order valence-electron chi connectivity index (χ4n) is 4.15. The molecule has 0 saturated heterocycles. The van der Waals surface area contributed by atoms with E-state index in [1.807, 2.05) is 32.0 Å². The molecule has 1 amide bonds. The van der Waals surface area contributed by atoms with Crippen LogP contribution in [-0.4, -0.2) is 53.0 Å². The van der Waals surface area contributed by atoms with Gasteiger partial charge >= 0.3 is 6.09 Å². The van der Waals surface area contributed by atoms with Crippen LogP contribution >= 0.6 is 0 Å². The summed E-state index contributed by atoms with van der Waals surface area (Å²) < 4.78 is 16.8. The number of amides is 1. The molecule has 4 rings (SSSR count). The lowest BCUT2D eigenvalue weighted by atomic mass is 10.0. The van der Waals surface area contributed by atoms with Gasteiger partial charge in [0.15, 0.2) is 11.5 Å². The number of pyridine rings is 3. The third-order valence-corrected chi connectivity index (χ3v) is 5.76. The summed E-state index contributed by atoms with van der Waals surface area (Å²) in [5.41, 5.74) is 8.37. The van der Waals surface area contributed by atoms with E-state index in [1.54, 1.807) is 38.9 Å². The standard InChI is InChI=1S/C26H29N5O5/c1-14(2)5-16(30-26(32)33)13-36-17-6-15(10-28-11-17)21-7-18-19-8-23(34-3)24(35-4)9-22(19)29-12-20(18)25(27)31-21/h6-12,14,16,30H,5,13H2,1-4H3,(H2,27,31)(H,32,33)/t16-/m1/s1. The van der Waals surface area contributed by atoms with Crippen molar-refractivity contribution in [1.82, 2.24) is 20.3 Å². The van der Waals surface area contributed by atoms with E-state index in [1.165, 1.54) is 0 Å². The van der Waals surface area contributed by atoms with Crippen molar-refractivity contribution in [2.45, 2.75) is 26.3 Å². The van der Waals surface area contributed by atoms with Crippen LogP contribution in [0, 0.1) is 5.92 Å². The average Bonchev–Trinajstić information content (AvgIpc) is 2.85. The van der Waals surface area contributed by atoms with Crippen molar-refractivity contribution in [3.8, 4) is 28.5 Å². The highest BCUT2D eigenvalue weighted by molar-refractivity contribution is 6.10. The molecule has 0 unspecified atom stereocenters. The van der Waals surface area contributed by atoms with Crippen molar-refractivity contribution >= 4 is 33.6 Å². The summed E-state index contributed by atoms with van der Waals surface area (Å²) in [7, 11) is 3.16. The Hall–Kier alpha value is -4.34. The number of hydrogen-bond donors (Lipinski definition) is 3. The summed E-state index contributed by atoms with van der Waals surface area (Å²) in [6.07, 6.45) is 4.52. The molecule has 4 N–H and O–H groups in total. The Balaban J connectivity index is 1.70. The van der Waals surface area contributed by atoms with E-state index < -0.39 is 6.09 Å². The summed E-state index contributed by atoms with van der Waals surface area (Å²) in [5.74, 6) is 2.31. The molecule has 0 bridgehead atoms. The van der Waals surface area contributed by atoms with Crippen LogP contribution in [0.1, 0.15) is 20.3 Å². The molecule has 10 nitrogen and oxygen atoms in total. The Morgan fingerprint density at radius 3 is 2.47 bits per heavy atom. The van der Waals surface area contributed by atoms with Gasteiger partial charge in [-0.2, -0.15) is 0 Å². The first kappa shape index (κ1) is 24.8. The molecule has 0 radical (unpaired) electrons. The number of anilines is 1. The molecule has 3 heterocycles. The second-order valence-corrected chi connectivity index (χ2v) is 8.83. The molecular weight excluding hydrogens is 462 g/mol. The zero-order chi connectivity index (χ0) is 25.8. The Morgan fingerprint density at radius 1 is 1.03 bits per heavy atom. The molecule has 36 heavy (non-hydrogen) atoms. The van der Waals surface area contributed by atoms with Gasteiger partial charge < -0.3 is 30.4 Å². The van der Waals surface area contributed by atoms with Crippen LogP contribution in [0.25, 0.3) is 32.9 Å². The number of nitrogens with one attached hydrogen (secondary N) is 1. The predicted octanol–water partition coefficient (Wildman–Crippen LogP) is 4.51. The first-order valence-corrected chi connectivity index (χ1v) is 11.5. The van der Waals surface area contributed by atoms with Crippen LogP contribution in [0.3, 0.4) is 0 Å². The van der Waals surface area contributed by atoms with Gasteiger partial charge in [0.25, 0.3) is 0 Å². The van der Waals surface area contributed by atoms with Gasteiger partial charge in [0.2, 0.25) is 0 Å². The molecule has 10 heteroatoms. The lowest BCUT2D eigenvalue weighted by Gasteiger charge is -2.19. The number of rotatable bonds is 9. The van der Waals surface area contributed by atoms with Crippen LogP contribution in [0.15, 0.2) is 42.9 Å². The van der Waals surface area contributed by atoms with Gasteiger partial charge in [0, 0.05) is 34.8 Å². The highest BCUT2D eigenvalue weighted by Crippen LogP contribution is 2.37. The number of carboxylic acid groups (broad SMARTS) is 1. The van der Waals surface area contributed by atoms with E-state index in [4.69, 9.17) is 25.1 Å². The minimum atomic E-state index is -1.08. The van der Waals surface area contributed by atoms with Crippen molar-refractivity contribution in [2.75, 3.05) is 26.6 Å². The van der Waals surface area contributed by atoms with Crippen molar-refractivity contribution in [2.24, 2.45) is 5.92 Å². The zero-order valence-electron chi connectivity index (χ0n) is 20.6. The van der Waals surface area contributed by atoms with E-state index in [2.05, 4.69) is 20.3 Å². The smallest absolute Gasteiger partial charge is 0.404 e. The highest BCUT2D eigenvalue weighted by Gasteiger charge is 2.16. The van der Waals surface area contributed by atoms with E-state index in [0.29, 0.717) is 46.7 Å². The number of hydrogen-bond acceptors (Lipinski definition) is 8. The number of aromatic nitrogens is 3. The molecular formula is C26H29N5O5. The van der Waals surface area contributed by atoms with Crippen molar-refractivity contribution < 1.29 is 24.1 Å². The van der Waals surface area contributed by atoms with Crippen molar-refractivity contribution in [1.29, 1.82) is 0 Å². The minimum absolute atomic E-state index is 0.181. The maximum Gasteiger partial charge on any atom is 0.404 e. The van der Waals surface area contributed by atoms with E-state index in [-0.39, 0.29) is 12.6 Å². The Labute approximate surface area is 208 Å². The van der Waals surface area contributed by atoms with Crippen LogP contribution in [0.5, 0.6) is 17.2 Å². The third-order valence-electron chi connectivity index (χ3n) is 5.76. The maximum atomic E-state index is 11.1. The predicted molar refractivity (Wildman–Crippen MR) is 138 cm³/mol. The van der Waals surface area contributed by atoms with Gasteiger partial charge in [-0.25, -0.2) is 9.78 Å².